The van der Waals surface area contributed by atoms with Crippen LogP contribution in [0, 0.1) is 0 Å². The van der Waals surface area contributed by atoms with Gasteiger partial charge in [0.05, 0.1) is 6.42 Å². The zero-order valence-corrected chi connectivity index (χ0v) is 12.5. The Bertz CT molecular complexity index is 469. The molecule has 1 saturated carbocycles. The van der Waals surface area contributed by atoms with Crippen molar-refractivity contribution in [1.82, 2.24) is 5.32 Å². The zero-order valence-electron chi connectivity index (χ0n) is 11.6. The number of hydrogen-bond donors (Lipinski definition) is 2. The average molecular weight is 292 g/mol. The highest BCUT2D eigenvalue weighted by molar-refractivity contribution is 7.98. The zero-order chi connectivity index (χ0) is 14.4. The third-order valence-corrected chi connectivity index (χ3v) is 3.69. The van der Waals surface area contributed by atoms with E-state index in [-0.39, 0.29) is 11.8 Å². The first kappa shape index (κ1) is 14.9. The molecule has 0 heterocycles. The number of rotatable bonds is 7. The largest absolute Gasteiger partial charge is 0.353 e. The third-order valence-electron chi connectivity index (χ3n) is 3.08. The van der Waals surface area contributed by atoms with Crippen LogP contribution in [0.5, 0.6) is 0 Å². The van der Waals surface area contributed by atoms with Crippen LogP contribution in [0.15, 0.2) is 24.3 Å². The van der Waals surface area contributed by atoms with Crippen molar-refractivity contribution in [2.75, 3.05) is 17.3 Å². The molecule has 1 aromatic carbocycles. The molecule has 0 saturated heterocycles. The molecule has 2 amide bonds. The van der Waals surface area contributed by atoms with E-state index in [1.54, 1.807) is 11.8 Å². The minimum Gasteiger partial charge on any atom is -0.353 e. The van der Waals surface area contributed by atoms with E-state index in [2.05, 4.69) is 10.6 Å². The molecule has 20 heavy (non-hydrogen) atoms. The summed E-state index contributed by atoms with van der Waals surface area (Å²) in [6.45, 7) is 0. The van der Waals surface area contributed by atoms with Crippen molar-refractivity contribution in [3.8, 4) is 0 Å². The molecule has 0 radical (unpaired) electrons. The number of carbonyl (C=O) groups excluding carboxylic acids is 2. The van der Waals surface area contributed by atoms with Crippen molar-refractivity contribution >= 4 is 29.3 Å². The fourth-order valence-corrected chi connectivity index (χ4v) is 2.21. The van der Waals surface area contributed by atoms with Crippen LogP contribution in [0.25, 0.3) is 0 Å². The maximum absolute atomic E-state index is 11.7. The Morgan fingerprint density at radius 3 is 2.50 bits per heavy atom. The lowest BCUT2D eigenvalue weighted by atomic mass is 10.1. The van der Waals surface area contributed by atoms with Gasteiger partial charge in [-0.05, 0) is 36.8 Å². The van der Waals surface area contributed by atoms with Crippen molar-refractivity contribution in [2.24, 2.45) is 0 Å². The number of carbonyl (C=O) groups is 2. The fourth-order valence-electron chi connectivity index (χ4n) is 1.82. The maximum atomic E-state index is 11.7. The third kappa shape index (κ3) is 5.25. The van der Waals surface area contributed by atoms with Crippen LogP contribution in [0.2, 0.25) is 0 Å². The molecular formula is C15H20N2O2S. The topological polar surface area (TPSA) is 58.2 Å². The minimum atomic E-state index is 0.0265. The number of benzene rings is 1. The number of hydrogen-bond acceptors (Lipinski definition) is 3. The lowest BCUT2D eigenvalue weighted by Crippen LogP contribution is -2.26. The summed E-state index contributed by atoms with van der Waals surface area (Å²) in [4.78, 5) is 23.2. The normalized spacial score (nSPS) is 13.8. The molecule has 1 aromatic rings. The highest BCUT2D eigenvalue weighted by atomic mass is 32.2. The molecule has 0 unspecified atom stereocenters. The molecule has 1 aliphatic carbocycles. The first-order valence-electron chi connectivity index (χ1n) is 6.84. The summed E-state index contributed by atoms with van der Waals surface area (Å²) in [5.74, 6) is 0.925. The van der Waals surface area contributed by atoms with Crippen LogP contribution < -0.4 is 10.6 Å². The Hall–Kier alpha value is -1.49. The van der Waals surface area contributed by atoms with E-state index in [9.17, 15) is 9.59 Å². The van der Waals surface area contributed by atoms with Crippen LogP contribution in [0.3, 0.4) is 0 Å². The summed E-state index contributed by atoms with van der Waals surface area (Å²) in [6.07, 6.45) is 5.11. The van der Waals surface area contributed by atoms with Crippen molar-refractivity contribution < 1.29 is 9.59 Å². The number of thioether (sulfide) groups is 1. The summed E-state index contributed by atoms with van der Waals surface area (Å²) in [5.41, 5.74) is 1.74. The van der Waals surface area contributed by atoms with Crippen LogP contribution in [-0.4, -0.2) is 29.9 Å². The van der Waals surface area contributed by atoms with Gasteiger partial charge in [-0.2, -0.15) is 11.8 Å². The van der Waals surface area contributed by atoms with Gasteiger partial charge in [-0.3, -0.25) is 9.59 Å². The van der Waals surface area contributed by atoms with Gasteiger partial charge in [0.2, 0.25) is 11.8 Å². The lowest BCUT2D eigenvalue weighted by Gasteiger charge is -2.07. The van der Waals surface area contributed by atoms with Crippen LogP contribution in [0.1, 0.15) is 24.8 Å². The predicted molar refractivity (Wildman–Crippen MR) is 82.9 cm³/mol. The first-order chi connectivity index (χ1) is 9.67. The second-order valence-electron chi connectivity index (χ2n) is 5.01. The molecule has 4 nitrogen and oxygen atoms in total. The molecule has 0 spiro atoms. The van der Waals surface area contributed by atoms with E-state index in [0.717, 1.165) is 29.8 Å². The highest BCUT2D eigenvalue weighted by Crippen LogP contribution is 2.19. The molecule has 5 heteroatoms. The fraction of sp³-hybridized carbons (Fsp3) is 0.467. The van der Waals surface area contributed by atoms with Gasteiger partial charge in [-0.25, -0.2) is 0 Å². The van der Waals surface area contributed by atoms with Gasteiger partial charge in [0.25, 0.3) is 0 Å². The van der Waals surface area contributed by atoms with Crippen molar-refractivity contribution in [3.63, 3.8) is 0 Å². The number of anilines is 1. The van der Waals surface area contributed by atoms with Gasteiger partial charge in [0.15, 0.2) is 0 Å². The standard InChI is InChI=1S/C15H20N2O2S/c1-20-9-8-14(18)16-12-4-2-11(3-5-12)10-15(19)17-13-6-7-13/h2-5,13H,6-10H2,1H3,(H,16,18)(H,17,19). The van der Waals surface area contributed by atoms with E-state index in [0.29, 0.717) is 18.9 Å². The molecular weight excluding hydrogens is 272 g/mol. The maximum Gasteiger partial charge on any atom is 0.225 e. The minimum absolute atomic E-state index is 0.0265. The van der Waals surface area contributed by atoms with Crippen LogP contribution in [-0.2, 0) is 16.0 Å². The molecule has 1 fully saturated rings. The van der Waals surface area contributed by atoms with Crippen LogP contribution in [0.4, 0.5) is 5.69 Å². The first-order valence-corrected chi connectivity index (χ1v) is 8.24. The summed E-state index contributed by atoms with van der Waals surface area (Å²) in [7, 11) is 0. The number of amides is 2. The van der Waals surface area contributed by atoms with Gasteiger partial charge in [0.1, 0.15) is 0 Å². The smallest absolute Gasteiger partial charge is 0.225 e. The Morgan fingerprint density at radius 1 is 1.20 bits per heavy atom. The second kappa shape index (κ2) is 7.33. The van der Waals surface area contributed by atoms with Gasteiger partial charge in [0, 0.05) is 23.9 Å². The van der Waals surface area contributed by atoms with Gasteiger partial charge >= 0.3 is 0 Å². The molecule has 0 atom stereocenters. The van der Waals surface area contributed by atoms with Gasteiger partial charge in [-0.1, -0.05) is 12.1 Å². The summed E-state index contributed by atoms with van der Waals surface area (Å²) in [6, 6.07) is 7.86. The molecule has 0 aromatic heterocycles. The van der Waals surface area contributed by atoms with E-state index in [1.807, 2.05) is 30.5 Å². The van der Waals surface area contributed by atoms with Crippen molar-refractivity contribution in [2.45, 2.75) is 31.7 Å². The average Bonchev–Trinajstić information content (AvgIpc) is 3.22. The predicted octanol–water partition coefficient (Wildman–Crippen LogP) is 2.20. The summed E-state index contributed by atoms with van der Waals surface area (Å²) >= 11 is 1.65. The van der Waals surface area contributed by atoms with E-state index < -0.39 is 0 Å². The van der Waals surface area contributed by atoms with E-state index in [1.165, 1.54) is 0 Å². The molecule has 0 aliphatic heterocycles. The monoisotopic (exact) mass is 292 g/mol. The molecule has 108 valence electrons. The Labute approximate surface area is 123 Å². The molecule has 2 N–H and O–H groups in total. The quantitative estimate of drug-likeness (QED) is 0.810. The summed E-state index contributed by atoms with van der Waals surface area (Å²) < 4.78 is 0. The van der Waals surface area contributed by atoms with E-state index in [4.69, 9.17) is 0 Å². The Morgan fingerprint density at radius 2 is 1.90 bits per heavy atom. The van der Waals surface area contributed by atoms with Gasteiger partial charge < -0.3 is 10.6 Å². The lowest BCUT2D eigenvalue weighted by molar-refractivity contribution is -0.120. The van der Waals surface area contributed by atoms with Crippen molar-refractivity contribution in [1.29, 1.82) is 0 Å². The Balaban J connectivity index is 1.79. The Kier molecular flexibility index (Phi) is 5.47. The highest BCUT2D eigenvalue weighted by Gasteiger charge is 2.22. The molecule has 1 aliphatic rings. The molecule has 0 bridgehead atoms. The van der Waals surface area contributed by atoms with E-state index >= 15 is 0 Å². The van der Waals surface area contributed by atoms with Crippen LogP contribution >= 0.6 is 11.8 Å². The van der Waals surface area contributed by atoms with Gasteiger partial charge in [-0.15, -0.1) is 0 Å². The molecule has 2 rings (SSSR count). The van der Waals surface area contributed by atoms with Crippen molar-refractivity contribution in [3.05, 3.63) is 29.8 Å². The number of nitrogens with one attached hydrogen (secondary N) is 2. The second-order valence-corrected chi connectivity index (χ2v) is 5.99. The SMILES string of the molecule is CSCCC(=O)Nc1ccc(CC(=O)NC2CC2)cc1. The summed E-state index contributed by atoms with van der Waals surface area (Å²) in [5, 5.41) is 5.81.